The molecular formula is C26H50O4. The molecule has 0 aliphatic rings. The fourth-order valence-electron chi connectivity index (χ4n) is 3.89. The van der Waals surface area contributed by atoms with Crippen molar-refractivity contribution in [2.24, 2.45) is 0 Å². The van der Waals surface area contributed by atoms with E-state index in [4.69, 9.17) is 9.84 Å². The van der Waals surface area contributed by atoms with Gasteiger partial charge in [-0.25, -0.2) is 0 Å². The molecule has 0 fully saturated rings. The summed E-state index contributed by atoms with van der Waals surface area (Å²) in [5.74, 6) is -0.732. The van der Waals surface area contributed by atoms with Crippen LogP contribution in [0.25, 0.3) is 0 Å². The summed E-state index contributed by atoms with van der Waals surface area (Å²) in [6.07, 6.45) is 22.7. The Morgan fingerprint density at radius 3 is 1.47 bits per heavy atom. The second-order valence-electron chi connectivity index (χ2n) is 8.89. The van der Waals surface area contributed by atoms with E-state index in [9.17, 15) is 9.59 Å². The van der Waals surface area contributed by atoms with Crippen LogP contribution in [0.1, 0.15) is 149 Å². The van der Waals surface area contributed by atoms with Gasteiger partial charge in [-0.05, 0) is 38.5 Å². The average Bonchev–Trinajstić information content (AvgIpc) is 2.71. The van der Waals surface area contributed by atoms with Crippen LogP contribution in [0.3, 0.4) is 0 Å². The first kappa shape index (κ1) is 28.9. The molecule has 1 unspecified atom stereocenters. The van der Waals surface area contributed by atoms with Gasteiger partial charge in [0.2, 0.25) is 0 Å². The Kier molecular flexibility index (Phi) is 21.8. The van der Waals surface area contributed by atoms with Gasteiger partial charge in [-0.3, -0.25) is 9.59 Å². The van der Waals surface area contributed by atoms with Crippen molar-refractivity contribution in [3.05, 3.63) is 0 Å². The zero-order valence-corrected chi connectivity index (χ0v) is 20.1. The van der Waals surface area contributed by atoms with E-state index in [-0.39, 0.29) is 18.5 Å². The number of carbonyl (C=O) groups excluding carboxylic acids is 1. The minimum atomic E-state index is -0.710. The van der Waals surface area contributed by atoms with Gasteiger partial charge in [0.25, 0.3) is 0 Å². The maximum absolute atomic E-state index is 12.3. The lowest BCUT2D eigenvalue weighted by Crippen LogP contribution is -2.18. The summed E-state index contributed by atoms with van der Waals surface area (Å²) < 4.78 is 5.85. The molecule has 0 aliphatic heterocycles. The third-order valence-electron chi connectivity index (χ3n) is 5.83. The summed E-state index contributed by atoms with van der Waals surface area (Å²) >= 11 is 0. The molecule has 0 aromatic heterocycles. The lowest BCUT2D eigenvalue weighted by atomic mass is 10.0. The summed E-state index contributed by atoms with van der Waals surface area (Å²) in [5, 5.41) is 8.63. The molecule has 0 heterocycles. The second kappa shape index (κ2) is 22.6. The van der Waals surface area contributed by atoms with Crippen LogP contribution in [0.15, 0.2) is 0 Å². The van der Waals surface area contributed by atoms with Crippen LogP contribution in [0.5, 0.6) is 0 Å². The van der Waals surface area contributed by atoms with Crippen molar-refractivity contribution in [1.82, 2.24) is 0 Å². The zero-order chi connectivity index (χ0) is 22.3. The monoisotopic (exact) mass is 426 g/mol. The quantitative estimate of drug-likeness (QED) is 0.132. The van der Waals surface area contributed by atoms with Gasteiger partial charge in [0.1, 0.15) is 6.10 Å². The highest BCUT2D eigenvalue weighted by atomic mass is 16.5. The predicted molar refractivity (Wildman–Crippen MR) is 126 cm³/mol. The lowest BCUT2D eigenvalue weighted by Gasteiger charge is -2.18. The first-order valence-corrected chi connectivity index (χ1v) is 13.0. The number of hydrogen-bond donors (Lipinski definition) is 1. The van der Waals surface area contributed by atoms with Crippen molar-refractivity contribution in [1.29, 1.82) is 0 Å². The van der Waals surface area contributed by atoms with Crippen LogP contribution >= 0.6 is 0 Å². The lowest BCUT2D eigenvalue weighted by molar-refractivity contribution is -0.150. The Balaban J connectivity index is 3.94. The van der Waals surface area contributed by atoms with Crippen molar-refractivity contribution in [3.8, 4) is 0 Å². The molecule has 0 saturated carbocycles. The molecule has 4 heteroatoms. The van der Waals surface area contributed by atoms with Crippen LogP contribution < -0.4 is 0 Å². The maximum Gasteiger partial charge on any atom is 0.306 e. The van der Waals surface area contributed by atoms with Crippen LogP contribution in [0.4, 0.5) is 0 Å². The van der Waals surface area contributed by atoms with Gasteiger partial charge in [-0.1, -0.05) is 97.3 Å². The van der Waals surface area contributed by atoms with Crippen LogP contribution in [0.2, 0.25) is 0 Å². The van der Waals surface area contributed by atoms with Crippen LogP contribution in [-0.4, -0.2) is 23.1 Å². The molecule has 0 aromatic rings. The average molecular weight is 427 g/mol. The fourth-order valence-corrected chi connectivity index (χ4v) is 3.89. The summed E-state index contributed by atoms with van der Waals surface area (Å²) in [4.78, 5) is 22.8. The van der Waals surface area contributed by atoms with Gasteiger partial charge in [0, 0.05) is 12.8 Å². The summed E-state index contributed by atoms with van der Waals surface area (Å²) in [6, 6.07) is 0. The van der Waals surface area contributed by atoms with Crippen molar-refractivity contribution < 1.29 is 19.4 Å². The van der Waals surface area contributed by atoms with Crippen LogP contribution in [0, 0.1) is 0 Å². The molecule has 0 aromatic carbocycles. The first-order chi connectivity index (χ1) is 14.6. The molecule has 0 bridgehead atoms. The predicted octanol–water partition coefficient (Wildman–Crippen LogP) is 8.21. The van der Waals surface area contributed by atoms with Gasteiger partial charge >= 0.3 is 11.9 Å². The number of hydrogen-bond acceptors (Lipinski definition) is 3. The van der Waals surface area contributed by atoms with E-state index in [1.165, 1.54) is 70.6 Å². The highest BCUT2D eigenvalue weighted by molar-refractivity contribution is 5.69. The standard InChI is InChI=1S/C26H50O4/c1-3-5-7-9-13-17-21-24(20-16-12-8-6-4-2)30-26(29)23-19-15-11-10-14-18-22-25(27)28/h24H,3-23H2,1-2H3,(H,27,28). The summed E-state index contributed by atoms with van der Waals surface area (Å²) in [7, 11) is 0. The SMILES string of the molecule is CCCCCCCCC(CCCCCCC)OC(=O)CCCCCCCCC(=O)O. The Morgan fingerprint density at radius 1 is 0.600 bits per heavy atom. The molecule has 30 heavy (non-hydrogen) atoms. The Hall–Kier alpha value is -1.06. The second-order valence-corrected chi connectivity index (χ2v) is 8.89. The number of esters is 1. The first-order valence-electron chi connectivity index (χ1n) is 13.0. The third kappa shape index (κ3) is 21.6. The Bertz CT molecular complexity index is 394. The van der Waals surface area contributed by atoms with Crippen molar-refractivity contribution in [3.63, 3.8) is 0 Å². The molecule has 0 aliphatic carbocycles. The number of unbranched alkanes of at least 4 members (excludes halogenated alkanes) is 14. The molecule has 1 atom stereocenters. The molecule has 1 N–H and O–H groups in total. The third-order valence-corrected chi connectivity index (χ3v) is 5.83. The van der Waals surface area contributed by atoms with E-state index < -0.39 is 5.97 Å². The van der Waals surface area contributed by atoms with Gasteiger partial charge in [-0.2, -0.15) is 0 Å². The highest BCUT2D eigenvalue weighted by Crippen LogP contribution is 2.18. The van der Waals surface area contributed by atoms with Gasteiger partial charge in [0.05, 0.1) is 0 Å². The molecule has 178 valence electrons. The van der Waals surface area contributed by atoms with Crippen molar-refractivity contribution >= 4 is 11.9 Å². The molecule has 4 nitrogen and oxygen atoms in total. The largest absolute Gasteiger partial charge is 0.481 e. The number of carbonyl (C=O) groups is 2. The molecule has 0 rings (SSSR count). The van der Waals surface area contributed by atoms with Crippen LogP contribution in [-0.2, 0) is 14.3 Å². The van der Waals surface area contributed by atoms with E-state index in [2.05, 4.69) is 13.8 Å². The van der Waals surface area contributed by atoms with Gasteiger partial charge < -0.3 is 9.84 Å². The topological polar surface area (TPSA) is 63.6 Å². The molecule has 0 spiro atoms. The molecule has 0 radical (unpaired) electrons. The summed E-state index contributed by atoms with van der Waals surface area (Å²) in [5.41, 5.74) is 0. The van der Waals surface area contributed by atoms with Crippen molar-refractivity contribution in [2.75, 3.05) is 0 Å². The van der Waals surface area contributed by atoms with E-state index in [1.807, 2.05) is 0 Å². The number of aliphatic carboxylic acids is 1. The summed E-state index contributed by atoms with van der Waals surface area (Å²) in [6.45, 7) is 4.48. The minimum Gasteiger partial charge on any atom is -0.481 e. The van der Waals surface area contributed by atoms with E-state index in [0.717, 1.165) is 51.4 Å². The molecular weight excluding hydrogens is 376 g/mol. The Morgan fingerprint density at radius 2 is 1.00 bits per heavy atom. The minimum absolute atomic E-state index is 0.0228. The molecule has 0 amide bonds. The van der Waals surface area contributed by atoms with E-state index >= 15 is 0 Å². The molecule has 0 saturated heterocycles. The zero-order valence-electron chi connectivity index (χ0n) is 20.1. The number of ether oxygens (including phenoxy) is 1. The van der Waals surface area contributed by atoms with Gasteiger partial charge in [-0.15, -0.1) is 0 Å². The smallest absolute Gasteiger partial charge is 0.306 e. The van der Waals surface area contributed by atoms with Crippen molar-refractivity contribution in [2.45, 2.75) is 155 Å². The highest BCUT2D eigenvalue weighted by Gasteiger charge is 2.14. The van der Waals surface area contributed by atoms with E-state index in [1.54, 1.807) is 0 Å². The fraction of sp³-hybridized carbons (Fsp3) is 0.923. The normalized spacial score (nSPS) is 12.1. The maximum atomic E-state index is 12.3. The number of rotatable bonds is 23. The number of carboxylic acid groups (broad SMARTS) is 1. The number of carboxylic acids is 1. The Labute approximate surface area is 186 Å². The van der Waals surface area contributed by atoms with Gasteiger partial charge in [0.15, 0.2) is 0 Å². The van der Waals surface area contributed by atoms with E-state index in [0.29, 0.717) is 6.42 Å².